The van der Waals surface area contributed by atoms with Gasteiger partial charge in [0.05, 0.1) is 0 Å². The number of rotatable bonds is 1. The Hall–Kier alpha value is -1.22. The first-order valence-corrected chi connectivity index (χ1v) is 3.62. The second-order valence-electron chi connectivity index (χ2n) is 2.42. The summed E-state index contributed by atoms with van der Waals surface area (Å²) in [5, 5.41) is 18.1. The smallest absolute Gasteiger partial charge is 0.339 e. The van der Waals surface area contributed by atoms with Crippen molar-refractivity contribution in [1.29, 1.82) is 0 Å². The molecule has 12 heavy (non-hydrogen) atoms. The van der Waals surface area contributed by atoms with Gasteiger partial charge in [0.25, 0.3) is 0 Å². The Labute approximate surface area is 74.2 Å². The number of carbonyl (C=O) groups is 1. The lowest BCUT2D eigenvalue weighted by Gasteiger charge is -2.02. The van der Waals surface area contributed by atoms with Crippen molar-refractivity contribution in [3.05, 3.63) is 28.3 Å². The molecule has 1 aromatic rings. The fourth-order valence-corrected chi connectivity index (χ4v) is 1.00. The van der Waals surface area contributed by atoms with E-state index in [9.17, 15) is 4.79 Å². The monoisotopic (exact) mass is 186 g/mol. The molecule has 0 aliphatic carbocycles. The summed E-state index contributed by atoms with van der Waals surface area (Å²) >= 11 is 5.64. The molecule has 0 saturated heterocycles. The normalized spacial score (nSPS) is 9.83. The van der Waals surface area contributed by atoms with E-state index >= 15 is 0 Å². The van der Waals surface area contributed by atoms with E-state index in [4.69, 9.17) is 21.8 Å². The minimum absolute atomic E-state index is 0.128. The van der Waals surface area contributed by atoms with Crippen molar-refractivity contribution >= 4 is 17.6 Å². The van der Waals surface area contributed by atoms with Gasteiger partial charge in [0, 0.05) is 5.02 Å². The molecule has 0 fully saturated rings. The van der Waals surface area contributed by atoms with E-state index in [1.807, 2.05) is 0 Å². The average Bonchev–Trinajstić information content (AvgIpc) is 1.96. The summed E-state index contributed by atoms with van der Waals surface area (Å²) in [6.45, 7) is 1.67. The molecule has 0 aromatic heterocycles. The van der Waals surface area contributed by atoms with Crippen LogP contribution < -0.4 is 0 Å². The van der Waals surface area contributed by atoms with E-state index in [1.54, 1.807) is 6.92 Å². The molecule has 1 aromatic carbocycles. The Kier molecular flexibility index (Phi) is 2.24. The van der Waals surface area contributed by atoms with Crippen LogP contribution in [-0.2, 0) is 0 Å². The van der Waals surface area contributed by atoms with E-state index in [0.29, 0.717) is 10.6 Å². The Bertz CT molecular complexity index is 333. The van der Waals surface area contributed by atoms with Crippen LogP contribution in [-0.4, -0.2) is 16.2 Å². The van der Waals surface area contributed by atoms with Crippen LogP contribution in [0.3, 0.4) is 0 Å². The number of benzene rings is 1. The number of carboxylic acid groups (broad SMARTS) is 1. The highest BCUT2D eigenvalue weighted by Gasteiger charge is 2.10. The SMILES string of the molecule is Cc1cc(C(=O)O)c(O)cc1Cl. The van der Waals surface area contributed by atoms with Gasteiger partial charge in [-0.05, 0) is 24.6 Å². The van der Waals surface area contributed by atoms with Crippen molar-refractivity contribution in [2.45, 2.75) is 6.92 Å². The van der Waals surface area contributed by atoms with Gasteiger partial charge < -0.3 is 10.2 Å². The van der Waals surface area contributed by atoms with Gasteiger partial charge in [0.2, 0.25) is 0 Å². The molecular formula is C8H7ClO3. The second-order valence-corrected chi connectivity index (χ2v) is 2.83. The zero-order valence-corrected chi connectivity index (χ0v) is 7.09. The van der Waals surface area contributed by atoms with E-state index in [2.05, 4.69) is 0 Å². The molecule has 0 bridgehead atoms. The molecule has 1 rings (SSSR count). The number of halogens is 1. The van der Waals surface area contributed by atoms with Crippen molar-refractivity contribution < 1.29 is 15.0 Å². The highest BCUT2D eigenvalue weighted by atomic mass is 35.5. The minimum atomic E-state index is -1.16. The Balaban J connectivity index is 3.33. The third-order valence-corrected chi connectivity index (χ3v) is 1.91. The summed E-state index contributed by atoms with van der Waals surface area (Å²) in [6, 6.07) is 2.56. The molecule has 0 unspecified atom stereocenters. The highest BCUT2D eigenvalue weighted by molar-refractivity contribution is 6.31. The number of phenols is 1. The van der Waals surface area contributed by atoms with Crippen LogP contribution in [0.5, 0.6) is 5.75 Å². The molecule has 0 aliphatic rings. The summed E-state index contributed by atoms with van der Waals surface area (Å²) in [5.41, 5.74) is 0.503. The second kappa shape index (κ2) is 3.03. The van der Waals surface area contributed by atoms with Crippen molar-refractivity contribution in [3.63, 3.8) is 0 Å². The largest absolute Gasteiger partial charge is 0.507 e. The predicted octanol–water partition coefficient (Wildman–Crippen LogP) is 2.05. The first kappa shape index (κ1) is 8.87. The van der Waals surface area contributed by atoms with Gasteiger partial charge in [0.15, 0.2) is 0 Å². The molecule has 0 amide bonds. The Morgan fingerprint density at radius 1 is 1.50 bits per heavy atom. The van der Waals surface area contributed by atoms with Gasteiger partial charge >= 0.3 is 5.97 Å². The maximum absolute atomic E-state index is 10.5. The summed E-state index contributed by atoms with van der Waals surface area (Å²) in [7, 11) is 0. The van der Waals surface area contributed by atoms with E-state index in [0.717, 1.165) is 0 Å². The number of aryl methyl sites for hydroxylation is 1. The minimum Gasteiger partial charge on any atom is -0.507 e. The third-order valence-electron chi connectivity index (χ3n) is 1.51. The van der Waals surface area contributed by atoms with Crippen LogP contribution in [0.15, 0.2) is 12.1 Å². The van der Waals surface area contributed by atoms with Crippen LogP contribution in [0.4, 0.5) is 0 Å². The summed E-state index contributed by atoms with van der Waals surface area (Å²) in [6.07, 6.45) is 0. The molecule has 0 saturated carbocycles. The van der Waals surface area contributed by atoms with E-state index in [1.165, 1.54) is 12.1 Å². The average molecular weight is 187 g/mol. The third kappa shape index (κ3) is 1.51. The standard InChI is InChI=1S/C8H7ClO3/c1-4-2-5(8(11)12)7(10)3-6(4)9/h2-3,10H,1H3,(H,11,12). The van der Waals surface area contributed by atoms with Gasteiger partial charge in [-0.15, -0.1) is 0 Å². The number of aromatic hydroxyl groups is 1. The van der Waals surface area contributed by atoms with Crippen LogP contribution in [0.2, 0.25) is 5.02 Å². The van der Waals surface area contributed by atoms with Crippen LogP contribution in [0, 0.1) is 6.92 Å². The Morgan fingerprint density at radius 2 is 2.08 bits per heavy atom. The molecule has 0 aliphatic heterocycles. The molecule has 3 nitrogen and oxygen atoms in total. The topological polar surface area (TPSA) is 57.5 Å². The van der Waals surface area contributed by atoms with E-state index in [-0.39, 0.29) is 11.3 Å². The quantitative estimate of drug-likeness (QED) is 0.706. The summed E-state index contributed by atoms with van der Waals surface area (Å²) < 4.78 is 0. The van der Waals surface area contributed by atoms with E-state index < -0.39 is 5.97 Å². The zero-order chi connectivity index (χ0) is 9.30. The van der Waals surface area contributed by atoms with Crippen molar-refractivity contribution in [2.75, 3.05) is 0 Å². The lowest BCUT2D eigenvalue weighted by molar-refractivity contribution is 0.0693. The van der Waals surface area contributed by atoms with Crippen LogP contribution in [0.25, 0.3) is 0 Å². The molecule has 0 spiro atoms. The van der Waals surface area contributed by atoms with Crippen molar-refractivity contribution in [1.82, 2.24) is 0 Å². The number of aromatic carboxylic acids is 1. The Morgan fingerprint density at radius 3 is 2.58 bits per heavy atom. The van der Waals surface area contributed by atoms with Gasteiger partial charge in [0.1, 0.15) is 11.3 Å². The lowest BCUT2D eigenvalue weighted by Crippen LogP contribution is -1.97. The number of hydrogen-bond donors (Lipinski definition) is 2. The van der Waals surface area contributed by atoms with Gasteiger partial charge in [-0.2, -0.15) is 0 Å². The fraction of sp³-hybridized carbons (Fsp3) is 0.125. The first-order valence-electron chi connectivity index (χ1n) is 3.25. The molecule has 2 N–H and O–H groups in total. The van der Waals surface area contributed by atoms with Crippen LogP contribution >= 0.6 is 11.6 Å². The van der Waals surface area contributed by atoms with Gasteiger partial charge in [-0.1, -0.05) is 11.6 Å². The maximum atomic E-state index is 10.5. The molecular weight excluding hydrogens is 180 g/mol. The molecule has 4 heteroatoms. The molecule has 0 atom stereocenters. The van der Waals surface area contributed by atoms with Gasteiger partial charge in [-0.25, -0.2) is 4.79 Å². The number of hydrogen-bond acceptors (Lipinski definition) is 2. The van der Waals surface area contributed by atoms with Crippen molar-refractivity contribution in [3.8, 4) is 5.75 Å². The zero-order valence-electron chi connectivity index (χ0n) is 6.34. The fourth-order valence-electron chi connectivity index (χ4n) is 0.842. The summed E-state index contributed by atoms with van der Waals surface area (Å²) in [5.74, 6) is -1.47. The predicted molar refractivity (Wildman–Crippen MR) is 44.8 cm³/mol. The maximum Gasteiger partial charge on any atom is 0.339 e. The lowest BCUT2D eigenvalue weighted by atomic mass is 10.1. The van der Waals surface area contributed by atoms with Crippen LogP contribution in [0.1, 0.15) is 15.9 Å². The summed E-state index contributed by atoms with van der Waals surface area (Å²) in [4.78, 5) is 10.5. The van der Waals surface area contributed by atoms with Crippen molar-refractivity contribution in [2.24, 2.45) is 0 Å². The van der Waals surface area contributed by atoms with Gasteiger partial charge in [-0.3, -0.25) is 0 Å². The molecule has 0 radical (unpaired) electrons. The highest BCUT2D eigenvalue weighted by Crippen LogP contribution is 2.25. The molecule has 64 valence electrons. The molecule has 0 heterocycles. The number of carboxylic acids is 1. The first-order chi connectivity index (χ1) is 5.52.